The molecule has 144 valence electrons. The zero-order valence-corrected chi connectivity index (χ0v) is 15.6. The van der Waals surface area contributed by atoms with Crippen LogP contribution in [0.5, 0.6) is 5.88 Å². The van der Waals surface area contributed by atoms with Gasteiger partial charge in [-0.1, -0.05) is 24.3 Å². The molecule has 0 saturated carbocycles. The van der Waals surface area contributed by atoms with E-state index in [1.165, 1.54) is 12.1 Å². The van der Waals surface area contributed by atoms with Crippen molar-refractivity contribution >= 4 is 5.91 Å². The number of nitrogens with zero attached hydrogens (tertiary/aromatic N) is 3. The third-order valence-electron chi connectivity index (χ3n) is 4.79. The van der Waals surface area contributed by atoms with Crippen molar-refractivity contribution in [2.45, 2.75) is 19.6 Å². The van der Waals surface area contributed by atoms with Gasteiger partial charge < -0.3 is 9.64 Å². The van der Waals surface area contributed by atoms with Crippen LogP contribution in [0, 0.1) is 17.1 Å². The smallest absolute Gasteiger partial charge is 0.256 e. The van der Waals surface area contributed by atoms with Gasteiger partial charge in [0.05, 0.1) is 22.9 Å². The third kappa shape index (κ3) is 4.25. The molecule has 1 aromatic heterocycles. The number of amides is 1. The minimum absolute atomic E-state index is 0.0854. The second kappa shape index (κ2) is 8.11. The Morgan fingerprint density at radius 1 is 1.10 bits per heavy atom. The van der Waals surface area contributed by atoms with E-state index < -0.39 is 0 Å². The Morgan fingerprint density at radius 2 is 1.93 bits per heavy atom. The van der Waals surface area contributed by atoms with Crippen molar-refractivity contribution in [3.05, 3.63) is 94.4 Å². The van der Waals surface area contributed by atoms with Crippen molar-refractivity contribution in [2.75, 3.05) is 6.54 Å². The molecule has 29 heavy (non-hydrogen) atoms. The average molecular weight is 387 g/mol. The highest BCUT2D eigenvalue weighted by atomic mass is 19.1. The Morgan fingerprint density at radius 3 is 2.76 bits per heavy atom. The van der Waals surface area contributed by atoms with E-state index in [-0.39, 0.29) is 18.3 Å². The highest BCUT2D eigenvalue weighted by Gasteiger charge is 2.26. The van der Waals surface area contributed by atoms with Gasteiger partial charge in [-0.05, 0) is 41.5 Å². The lowest BCUT2D eigenvalue weighted by molar-refractivity contribution is 0.0724. The number of hydrogen-bond acceptors (Lipinski definition) is 4. The van der Waals surface area contributed by atoms with E-state index in [1.54, 1.807) is 41.3 Å². The fourth-order valence-electron chi connectivity index (χ4n) is 3.35. The molecule has 4 rings (SSSR count). The summed E-state index contributed by atoms with van der Waals surface area (Å²) >= 11 is 0. The van der Waals surface area contributed by atoms with Crippen molar-refractivity contribution in [3.63, 3.8) is 0 Å². The zero-order chi connectivity index (χ0) is 20.2. The highest BCUT2D eigenvalue weighted by molar-refractivity contribution is 5.96. The fourth-order valence-corrected chi connectivity index (χ4v) is 3.35. The summed E-state index contributed by atoms with van der Waals surface area (Å²) in [7, 11) is 0. The second-order valence-corrected chi connectivity index (χ2v) is 6.85. The van der Waals surface area contributed by atoms with E-state index >= 15 is 0 Å². The molecule has 0 fully saturated rings. The maximum atomic E-state index is 13.3. The van der Waals surface area contributed by atoms with Crippen molar-refractivity contribution in [1.82, 2.24) is 9.88 Å². The molecular weight excluding hydrogens is 369 g/mol. The summed E-state index contributed by atoms with van der Waals surface area (Å²) in [5.74, 6) is 0.0178. The van der Waals surface area contributed by atoms with Crippen molar-refractivity contribution in [1.29, 1.82) is 5.26 Å². The van der Waals surface area contributed by atoms with Gasteiger partial charge >= 0.3 is 0 Å². The molecule has 1 amide bonds. The zero-order valence-electron chi connectivity index (χ0n) is 15.6. The van der Waals surface area contributed by atoms with Gasteiger partial charge in [0.15, 0.2) is 0 Å². The third-order valence-corrected chi connectivity index (χ3v) is 4.79. The molecule has 3 aromatic rings. The Kier molecular flexibility index (Phi) is 5.21. The van der Waals surface area contributed by atoms with E-state index in [0.717, 1.165) is 5.56 Å². The molecule has 2 heterocycles. The summed E-state index contributed by atoms with van der Waals surface area (Å²) in [5, 5.41) is 9.04. The predicted octanol–water partition coefficient (Wildman–Crippen LogP) is 3.87. The number of halogens is 1. The van der Waals surface area contributed by atoms with E-state index in [2.05, 4.69) is 11.1 Å². The molecule has 5 nitrogen and oxygen atoms in total. The van der Waals surface area contributed by atoms with Crippen LogP contribution in [-0.2, 0) is 19.6 Å². The quantitative estimate of drug-likeness (QED) is 0.667. The minimum Gasteiger partial charge on any atom is -0.473 e. The Balaban J connectivity index is 1.45. The lowest BCUT2D eigenvalue weighted by Gasteiger charge is -2.28. The molecule has 0 saturated heterocycles. The van der Waals surface area contributed by atoms with Crippen LogP contribution in [0.2, 0.25) is 0 Å². The molecule has 0 atom stereocenters. The molecule has 0 aliphatic carbocycles. The van der Waals surface area contributed by atoms with Gasteiger partial charge in [0.1, 0.15) is 12.4 Å². The normalized spacial score (nSPS) is 13.0. The number of hydrogen-bond donors (Lipinski definition) is 0. The van der Waals surface area contributed by atoms with Crippen molar-refractivity contribution < 1.29 is 13.9 Å². The summed E-state index contributed by atoms with van der Waals surface area (Å²) in [6, 6.07) is 19.0. The molecule has 0 unspecified atom stereocenters. The second-order valence-electron chi connectivity index (χ2n) is 6.85. The largest absolute Gasteiger partial charge is 0.473 e. The maximum absolute atomic E-state index is 13.3. The summed E-state index contributed by atoms with van der Waals surface area (Å²) in [4.78, 5) is 19.1. The monoisotopic (exact) mass is 387 g/mol. The van der Waals surface area contributed by atoms with E-state index in [0.29, 0.717) is 47.8 Å². The number of carbonyl (C=O) groups is 1. The van der Waals surface area contributed by atoms with E-state index in [9.17, 15) is 9.18 Å². The van der Waals surface area contributed by atoms with Crippen LogP contribution < -0.4 is 4.74 Å². The average Bonchev–Trinajstić information content (AvgIpc) is 2.74. The number of fused-ring (bicyclic) bond motifs is 1. The van der Waals surface area contributed by atoms with Crippen LogP contribution in [0.4, 0.5) is 4.39 Å². The molecule has 2 aromatic carbocycles. The first-order chi connectivity index (χ1) is 14.1. The Hall–Kier alpha value is -3.72. The molecular formula is C23H18FN3O2. The predicted molar refractivity (Wildman–Crippen MR) is 105 cm³/mol. The molecule has 0 bridgehead atoms. The van der Waals surface area contributed by atoms with Crippen LogP contribution in [0.25, 0.3) is 0 Å². The number of rotatable bonds is 5. The molecule has 1 aliphatic heterocycles. The summed E-state index contributed by atoms with van der Waals surface area (Å²) < 4.78 is 18.9. The van der Waals surface area contributed by atoms with Crippen molar-refractivity contribution in [3.8, 4) is 11.9 Å². The summed E-state index contributed by atoms with van der Waals surface area (Å²) in [6.07, 6.45) is 0.621. The van der Waals surface area contributed by atoms with Crippen LogP contribution >= 0.6 is 0 Å². The molecule has 1 aliphatic rings. The lowest BCUT2D eigenvalue weighted by atomic mass is 10.0. The molecule has 0 spiro atoms. The van der Waals surface area contributed by atoms with Crippen LogP contribution in [0.15, 0.2) is 60.7 Å². The first-order valence-electron chi connectivity index (χ1n) is 9.28. The van der Waals surface area contributed by atoms with Gasteiger partial charge in [-0.3, -0.25) is 4.79 Å². The first-order valence-corrected chi connectivity index (χ1v) is 9.28. The van der Waals surface area contributed by atoms with Crippen LogP contribution in [0.1, 0.15) is 32.7 Å². The molecule has 0 N–H and O–H groups in total. The van der Waals surface area contributed by atoms with Gasteiger partial charge in [-0.2, -0.15) is 5.26 Å². The highest BCUT2D eigenvalue weighted by Crippen LogP contribution is 2.22. The SMILES string of the molecule is N#Cc1cccc(CN2CCc3nc(OCc4cccc(F)c4)ccc3C2=O)c1. The summed E-state index contributed by atoms with van der Waals surface area (Å²) in [5.41, 5.74) is 3.48. The standard InChI is InChI=1S/C23H18FN3O2/c24-19-6-2-5-18(12-19)15-29-22-8-7-20-21(26-22)9-10-27(23(20)28)14-17-4-1-3-16(11-17)13-25/h1-8,11-12H,9-10,14-15H2. The topological polar surface area (TPSA) is 66.2 Å². The maximum Gasteiger partial charge on any atom is 0.256 e. The Labute approximate surface area is 168 Å². The number of benzene rings is 2. The van der Waals surface area contributed by atoms with Gasteiger partial charge in [0.2, 0.25) is 5.88 Å². The van der Waals surface area contributed by atoms with Gasteiger partial charge in [-0.15, -0.1) is 0 Å². The minimum atomic E-state index is -0.310. The van der Waals surface area contributed by atoms with E-state index in [4.69, 9.17) is 10.00 Å². The van der Waals surface area contributed by atoms with E-state index in [1.807, 2.05) is 12.1 Å². The lowest BCUT2D eigenvalue weighted by Crippen LogP contribution is -2.37. The van der Waals surface area contributed by atoms with Crippen molar-refractivity contribution in [2.24, 2.45) is 0 Å². The number of carbonyl (C=O) groups excluding carboxylic acids is 1. The fraction of sp³-hybridized carbons (Fsp3) is 0.174. The number of ether oxygens (including phenoxy) is 1. The molecule has 6 heteroatoms. The van der Waals surface area contributed by atoms with Crippen LogP contribution in [-0.4, -0.2) is 22.3 Å². The van der Waals surface area contributed by atoms with Gasteiger partial charge in [-0.25, -0.2) is 9.37 Å². The number of aromatic nitrogens is 1. The number of nitriles is 1. The van der Waals surface area contributed by atoms with Gasteiger partial charge in [0, 0.05) is 25.6 Å². The first kappa shape index (κ1) is 18.6. The van der Waals surface area contributed by atoms with Crippen LogP contribution in [0.3, 0.4) is 0 Å². The molecule has 0 radical (unpaired) electrons. The van der Waals surface area contributed by atoms with Gasteiger partial charge in [0.25, 0.3) is 5.91 Å². The number of pyridine rings is 1. The Bertz CT molecular complexity index is 1110. The summed E-state index contributed by atoms with van der Waals surface area (Å²) in [6.45, 7) is 1.20.